The van der Waals surface area contributed by atoms with Gasteiger partial charge in [-0.25, -0.2) is 0 Å². The average molecular weight is 211 g/mol. The number of benzene rings is 1. The second-order valence-electron chi connectivity index (χ2n) is 3.98. The number of nitrogens with zero attached hydrogens (tertiary/aromatic N) is 2. The molecule has 81 valence electrons. The maximum Gasteiger partial charge on any atom is 0.0403 e. The molecule has 0 aliphatic carbocycles. The van der Waals surface area contributed by atoms with Crippen LogP contribution >= 0.6 is 0 Å². The van der Waals surface area contributed by atoms with E-state index in [1.807, 2.05) is 24.5 Å². The molecule has 2 nitrogen and oxygen atoms in total. The van der Waals surface area contributed by atoms with Crippen molar-refractivity contribution >= 4 is 5.69 Å². The Labute approximate surface area is 96.6 Å². The van der Waals surface area contributed by atoms with Gasteiger partial charge in [0, 0.05) is 32.2 Å². The van der Waals surface area contributed by atoms with Crippen LogP contribution in [0.15, 0.2) is 42.7 Å². The third-order valence-corrected chi connectivity index (χ3v) is 2.56. The maximum absolute atomic E-state index is 4.03. The van der Waals surface area contributed by atoms with Gasteiger partial charge >= 0.3 is 0 Å². The largest absolute Gasteiger partial charge is 0.377 e. The van der Waals surface area contributed by atoms with Gasteiger partial charge in [0.15, 0.2) is 0 Å². The molecule has 1 aromatic carbocycles. The molecule has 0 saturated carbocycles. The van der Waals surface area contributed by atoms with Crippen LogP contribution in [0.4, 0.5) is 5.69 Å². The Morgan fingerprint density at radius 2 is 1.94 bits per heavy atom. The third-order valence-electron chi connectivity index (χ3n) is 2.56. The van der Waals surface area contributed by atoms with E-state index in [1.165, 1.54) is 16.8 Å². The lowest BCUT2D eigenvalue weighted by molar-refractivity contribution is 1.08. The topological polar surface area (TPSA) is 16.1 Å². The summed E-state index contributed by atoms with van der Waals surface area (Å²) in [6, 6.07) is 13.3. The third kappa shape index (κ3) is 2.40. The zero-order chi connectivity index (χ0) is 11.4. The van der Waals surface area contributed by atoms with Gasteiger partial charge in [0.25, 0.3) is 0 Å². The molecule has 0 N–H and O–H groups in total. The Morgan fingerprint density at radius 1 is 1.19 bits per heavy atom. The van der Waals surface area contributed by atoms with Gasteiger partial charge in [-0.05, 0) is 41.8 Å². The molecule has 1 heterocycles. The molecule has 0 saturated heterocycles. The van der Waals surface area contributed by atoms with Crippen molar-refractivity contribution in [2.45, 2.75) is 6.42 Å². The molecule has 1 radical (unpaired) electrons. The van der Waals surface area contributed by atoms with E-state index in [-0.39, 0.29) is 0 Å². The predicted molar refractivity (Wildman–Crippen MR) is 66.6 cm³/mol. The Bertz CT molecular complexity index is 449. The second-order valence-corrected chi connectivity index (χ2v) is 3.98. The monoisotopic (exact) mass is 211 g/mol. The number of pyridine rings is 1. The van der Waals surface area contributed by atoms with Crippen molar-refractivity contribution in [3.05, 3.63) is 59.9 Å². The highest BCUT2D eigenvalue weighted by Crippen LogP contribution is 2.20. The van der Waals surface area contributed by atoms with Crippen LogP contribution in [-0.2, 0) is 6.42 Å². The molecule has 0 atom stereocenters. The molecule has 0 aliphatic heterocycles. The normalized spacial score (nSPS) is 10.1. The fourth-order valence-electron chi connectivity index (χ4n) is 1.74. The van der Waals surface area contributed by atoms with Gasteiger partial charge in [0.1, 0.15) is 0 Å². The quantitative estimate of drug-likeness (QED) is 0.775. The lowest BCUT2D eigenvalue weighted by atomic mass is 10.0. The summed E-state index contributed by atoms with van der Waals surface area (Å²) in [6.45, 7) is 0. The molecule has 1 aromatic heterocycles. The lowest BCUT2D eigenvalue weighted by Gasteiger charge is -2.17. The average Bonchev–Trinajstić information content (AvgIpc) is 2.31. The summed E-state index contributed by atoms with van der Waals surface area (Å²) in [5, 5.41) is 0. The van der Waals surface area contributed by atoms with E-state index in [1.54, 1.807) is 0 Å². The molecule has 16 heavy (non-hydrogen) atoms. The zero-order valence-corrected chi connectivity index (χ0v) is 9.64. The van der Waals surface area contributed by atoms with Crippen LogP contribution < -0.4 is 4.90 Å². The fourth-order valence-corrected chi connectivity index (χ4v) is 1.74. The molecule has 2 heteroatoms. The Balaban J connectivity index is 2.28. The smallest absolute Gasteiger partial charge is 0.0403 e. The fraction of sp³-hybridized carbons (Fsp3) is 0.214. The first-order valence-corrected chi connectivity index (χ1v) is 5.32. The van der Waals surface area contributed by atoms with Crippen LogP contribution in [0.1, 0.15) is 11.1 Å². The summed E-state index contributed by atoms with van der Waals surface area (Å²) in [4.78, 5) is 6.15. The summed E-state index contributed by atoms with van der Waals surface area (Å²) in [7, 11) is 4.11. The van der Waals surface area contributed by atoms with Crippen molar-refractivity contribution in [1.29, 1.82) is 0 Å². The SMILES string of the molecule is CN(C)c1c[c]ccc1Cc1ccncc1. The van der Waals surface area contributed by atoms with Crippen LogP contribution in [0.5, 0.6) is 0 Å². The van der Waals surface area contributed by atoms with Crippen molar-refractivity contribution in [3.63, 3.8) is 0 Å². The second kappa shape index (κ2) is 4.79. The van der Waals surface area contributed by atoms with Crippen LogP contribution in [0.25, 0.3) is 0 Å². The van der Waals surface area contributed by atoms with Crippen molar-refractivity contribution in [3.8, 4) is 0 Å². The van der Waals surface area contributed by atoms with Crippen molar-refractivity contribution in [2.24, 2.45) is 0 Å². The number of rotatable bonds is 3. The standard InChI is InChI=1S/C14H15N2/c1-16(2)14-6-4-3-5-13(14)11-12-7-9-15-10-8-12/h3,5-10H,11H2,1-2H3. The minimum atomic E-state index is 0.935. The summed E-state index contributed by atoms with van der Waals surface area (Å²) in [5.41, 5.74) is 3.82. The summed E-state index contributed by atoms with van der Waals surface area (Å²) >= 11 is 0. The summed E-state index contributed by atoms with van der Waals surface area (Å²) < 4.78 is 0. The maximum atomic E-state index is 4.03. The van der Waals surface area contributed by atoms with Gasteiger partial charge in [-0.15, -0.1) is 0 Å². The molecule has 0 aliphatic rings. The molecule has 0 bridgehead atoms. The van der Waals surface area contributed by atoms with E-state index in [0.29, 0.717) is 0 Å². The molecule has 2 aromatic rings. The van der Waals surface area contributed by atoms with Gasteiger partial charge in [0.05, 0.1) is 0 Å². The molecule has 2 rings (SSSR count). The van der Waals surface area contributed by atoms with Crippen molar-refractivity contribution in [1.82, 2.24) is 4.98 Å². The Hall–Kier alpha value is -1.83. The van der Waals surface area contributed by atoms with Gasteiger partial charge < -0.3 is 4.90 Å². The van der Waals surface area contributed by atoms with Gasteiger partial charge in [-0.3, -0.25) is 4.98 Å². The molecule has 0 amide bonds. The summed E-state index contributed by atoms with van der Waals surface area (Å²) in [6.07, 6.45) is 4.60. The highest BCUT2D eigenvalue weighted by Gasteiger charge is 2.04. The van der Waals surface area contributed by atoms with E-state index >= 15 is 0 Å². The van der Waals surface area contributed by atoms with Crippen molar-refractivity contribution in [2.75, 3.05) is 19.0 Å². The number of anilines is 1. The predicted octanol–water partition coefficient (Wildman–Crippen LogP) is 2.54. The molecule has 0 fully saturated rings. The van der Waals surface area contributed by atoms with Gasteiger partial charge in [-0.1, -0.05) is 12.1 Å². The minimum absolute atomic E-state index is 0.935. The van der Waals surface area contributed by atoms with Crippen LogP contribution in [0, 0.1) is 6.07 Å². The highest BCUT2D eigenvalue weighted by atomic mass is 15.1. The Morgan fingerprint density at radius 3 is 2.62 bits per heavy atom. The summed E-state index contributed by atoms with van der Waals surface area (Å²) in [5.74, 6) is 0. The lowest BCUT2D eigenvalue weighted by Crippen LogP contribution is -2.11. The van der Waals surface area contributed by atoms with Gasteiger partial charge in [0.2, 0.25) is 0 Å². The van der Waals surface area contributed by atoms with E-state index in [9.17, 15) is 0 Å². The number of aromatic nitrogens is 1. The first kappa shape index (κ1) is 10.7. The molecule has 0 spiro atoms. The van der Waals surface area contributed by atoms with E-state index in [2.05, 4.69) is 48.2 Å². The van der Waals surface area contributed by atoms with Gasteiger partial charge in [-0.2, -0.15) is 0 Å². The zero-order valence-electron chi connectivity index (χ0n) is 9.64. The van der Waals surface area contributed by atoms with Crippen molar-refractivity contribution < 1.29 is 0 Å². The highest BCUT2D eigenvalue weighted by molar-refractivity contribution is 5.53. The van der Waals surface area contributed by atoms with Crippen LogP contribution in [-0.4, -0.2) is 19.1 Å². The number of hydrogen-bond donors (Lipinski definition) is 0. The number of hydrogen-bond acceptors (Lipinski definition) is 2. The van der Waals surface area contributed by atoms with Crippen LogP contribution in [0.2, 0.25) is 0 Å². The molecule has 0 unspecified atom stereocenters. The van der Waals surface area contributed by atoms with E-state index < -0.39 is 0 Å². The minimum Gasteiger partial charge on any atom is -0.377 e. The molecular weight excluding hydrogens is 196 g/mol. The van der Waals surface area contributed by atoms with Crippen LogP contribution in [0.3, 0.4) is 0 Å². The first-order chi connectivity index (χ1) is 7.77. The van der Waals surface area contributed by atoms with E-state index in [0.717, 1.165) is 6.42 Å². The Kier molecular flexibility index (Phi) is 3.20. The first-order valence-electron chi connectivity index (χ1n) is 5.32. The van der Waals surface area contributed by atoms with E-state index in [4.69, 9.17) is 0 Å². The molecular formula is C14H15N2.